The fraction of sp³-hybridized carbons (Fsp3) is 0.0345. The Labute approximate surface area is 230 Å². The molecule has 5 aromatic rings. The third-order valence-electron chi connectivity index (χ3n) is 6.09. The van der Waals surface area contributed by atoms with Gasteiger partial charge in [0.2, 0.25) is 0 Å². The van der Waals surface area contributed by atoms with Gasteiger partial charge in [0.25, 0.3) is 11.2 Å². The van der Waals surface area contributed by atoms with E-state index in [0.29, 0.717) is 16.9 Å². The van der Waals surface area contributed by atoms with Crippen molar-refractivity contribution in [3.05, 3.63) is 122 Å². The Morgan fingerprint density at radius 1 is 1.07 bits per heavy atom. The van der Waals surface area contributed by atoms with Crippen molar-refractivity contribution in [2.45, 2.75) is 6.92 Å². The van der Waals surface area contributed by atoms with E-state index in [1.54, 1.807) is 19.1 Å². The number of nitro groups is 1. The Bertz CT molecular complexity index is 2010. The number of para-hydroxylation sites is 2. The lowest BCUT2D eigenvalue weighted by Crippen LogP contribution is -2.23. The van der Waals surface area contributed by atoms with Crippen LogP contribution in [0.5, 0.6) is 0 Å². The van der Waals surface area contributed by atoms with Crippen molar-refractivity contribution in [3.8, 4) is 23.3 Å². The van der Waals surface area contributed by atoms with E-state index in [9.17, 15) is 29.8 Å². The maximum Gasteiger partial charge on any atom is 0.291 e. The summed E-state index contributed by atoms with van der Waals surface area (Å²) in [4.78, 5) is 36.2. The van der Waals surface area contributed by atoms with Gasteiger partial charge in [-0.25, -0.2) is 14.4 Å². The molecule has 0 aliphatic carbocycles. The first-order valence-electron chi connectivity index (χ1n) is 12.0. The second-order valence-corrected chi connectivity index (χ2v) is 8.69. The molecule has 0 unspecified atom stereocenters. The van der Waals surface area contributed by atoms with E-state index in [-0.39, 0.29) is 33.9 Å². The van der Waals surface area contributed by atoms with Gasteiger partial charge in [-0.3, -0.25) is 14.9 Å². The summed E-state index contributed by atoms with van der Waals surface area (Å²) in [5.41, 5.74) is 0.437. The molecule has 2 aromatic heterocycles. The van der Waals surface area contributed by atoms with Crippen LogP contribution in [0.15, 0.2) is 87.7 Å². The molecule has 2 heterocycles. The number of aromatic amines is 1. The maximum atomic E-state index is 13.8. The number of hydrogen-bond donors (Lipinski definition) is 1. The summed E-state index contributed by atoms with van der Waals surface area (Å²) >= 11 is 0. The van der Waals surface area contributed by atoms with Gasteiger partial charge in [-0.05, 0) is 54.4 Å². The van der Waals surface area contributed by atoms with Crippen LogP contribution in [-0.4, -0.2) is 31.5 Å². The van der Waals surface area contributed by atoms with Crippen LogP contribution in [0.25, 0.3) is 22.2 Å². The highest BCUT2D eigenvalue weighted by Gasteiger charge is 2.24. The minimum atomic E-state index is -0.887. The lowest BCUT2D eigenvalue weighted by molar-refractivity contribution is -0.384. The molecule has 0 bridgehead atoms. The number of hydrogen-bond acceptors (Lipinski definition) is 8. The predicted molar refractivity (Wildman–Crippen MR) is 150 cm³/mol. The van der Waals surface area contributed by atoms with Gasteiger partial charge in [0.05, 0.1) is 16.0 Å². The Morgan fingerprint density at radius 2 is 1.80 bits per heavy atom. The highest BCUT2D eigenvalue weighted by atomic mass is 19.1. The predicted octanol–water partition coefficient (Wildman–Crippen LogP) is 5.21. The Balaban J connectivity index is 1.79. The highest BCUT2D eigenvalue weighted by molar-refractivity contribution is 5.98. The van der Waals surface area contributed by atoms with E-state index in [1.165, 1.54) is 48.7 Å². The topological polar surface area (TPSA) is 166 Å². The first-order chi connectivity index (χ1) is 19.8. The van der Waals surface area contributed by atoms with Crippen molar-refractivity contribution < 1.29 is 9.31 Å². The zero-order valence-corrected chi connectivity index (χ0v) is 21.2. The van der Waals surface area contributed by atoms with Crippen molar-refractivity contribution in [1.29, 1.82) is 10.5 Å². The molecule has 0 aliphatic heterocycles. The van der Waals surface area contributed by atoms with Gasteiger partial charge >= 0.3 is 0 Å². The molecule has 5 rings (SSSR count). The Morgan fingerprint density at radius 3 is 2.46 bits per heavy atom. The van der Waals surface area contributed by atoms with E-state index in [2.05, 4.69) is 20.1 Å². The van der Waals surface area contributed by atoms with Gasteiger partial charge in [0, 0.05) is 23.9 Å². The molecule has 0 saturated carbocycles. The van der Waals surface area contributed by atoms with Gasteiger partial charge in [-0.1, -0.05) is 24.3 Å². The number of nitrogens with zero attached hydrogens (tertiary/aromatic N) is 7. The molecule has 0 saturated heterocycles. The molecule has 0 spiro atoms. The van der Waals surface area contributed by atoms with Gasteiger partial charge < -0.3 is 4.98 Å². The zero-order chi connectivity index (χ0) is 29.1. The van der Waals surface area contributed by atoms with Crippen LogP contribution in [0.4, 0.5) is 15.9 Å². The molecule has 0 atom stereocenters. The number of benzene rings is 3. The summed E-state index contributed by atoms with van der Waals surface area (Å²) in [5.74, 6) is -0.406. The number of fused-ring (bicyclic) bond motifs is 1. The summed E-state index contributed by atoms with van der Waals surface area (Å²) in [6.45, 7) is 1.59. The number of aromatic nitrogens is 3. The Kier molecular flexibility index (Phi) is 6.97. The molecule has 198 valence electrons. The zero-order valence-electron chi connectivity index (χ0n) is 21.2. The number of rotatable bonds is 6. The second-order valence-electron chi connectivity index (χ2n) is 8.69. The second kappa shape index (κ2) is 10.8. The van der Waals surface area contributed by atoms with Crippen LogP contribution in [0.1, 0.15) is 29.4 Å². The van der Waals surface area contributed by atoms with Gasteiger partial charge in [-0.15, -0.1) is 0 Å². The van der Waals surface area contributed by atoms with Gasteiger partial charge in [0.1, 0.15) is 34.8 Å². The van der Waals surface area contributed by atoms with Crippen LogP contribution < -0.4 is 5.56 Å². The van der Waals surface area contributed by atoms with Crippen LogP contribution in [-0.2, 0) is 0 Å². The fourth-order valence-corrected chi connectivity index (χ4v) is 4.16. The van der Waals surface area contributed by atoms with E-state index in [1.807, 2.05) is 30.3 Å². The monoisotopic (exact) mass is 544 g/mol. The minimum absolute atomic E-state index is 0.0610. The van der Waals surface area contributed by atoms with E-state index < -0.39 is 21.9 Å². The molecule has 1 N–H and O–H groups in total. The maximum absolute atomic E-state index is 13.8. The van der Waals surface area contributed by atoms with Crippen LogP contribution in [0.2, 0.25) is 0 Å². The molecule has 11 nitrogen and oxygen atoms in total. The number of nitrogens with one attached hydrogen (secondary N) is 1. The third kappa shape index (κ3) is 5.08. The number of imidazole rings is 1. The molecule has 0 radical (unpaired) electrons. The van der Waals surface area contributed by atoms with Crippen molar-refractivity contribution >= 4 is 34.5 Å². The summed E-state index contributed by atoms with van der Waals surface area (Å²) in [7, 11) is 0. The van der Waals surface area contributed by atoms with Gasteiger partial charge in [0.15, 0.2) is 11.6 Å². The van der Waals surface area contributed by atoms with Crippen molar-refractivity contribution in [2.75, 3.05) is 0 Å². The normalized spacial score (nSPS) is 11.5. The molecular formula is C29H17FN8O3. The largest absolute Gasteiger partial charge is 0.337 e. The summed E-state index contributed by atoms with van der Waals surface area (Å²) in [6, 6.07) is 21.7. The van der Waals surface area contributed by atoms with E-state index in [4.69, 9.17) is 0 Å². The summed E-state index contributed by atoms with van der Waals surface area (Å²) in [6.07, 6.45) is 1.26. The van der Waals surface area contributed by atoms with Gasteiger partial charge in [-0.2, -0.15) is 20.3 Å². The number of nitriles is 2. The van der Waals surface area contributed by atoms with E-state index >= 15 is 0 Å². The quantitative estimate of drug-likeness (QED) is 0.175. The summed E-state index contributed by atoms with van der Waals surface area (Å²) in [5, 5.41) is 35.8. The molecule has 12 heteroatoms. The molecule has 0 aliphatic rings. The number of pyridine rings is 1. The smallest absolute Gasteiger partial charge is 0.291 e. The number of H-pyrrole nitrogens is 1. The van der Waals surface area contributed by atoms with Crippen LogP contribution in [0.3, 0.4) is 0 Å². The fourth-order valence-electron chi connectivity index (χ4n) is 4.16. The summed E-state index contributed by atoms with van der Waals surface area (Å²) < 4.78 is 14.6. The standard InChI is InChI=1S/C29H17FN8O3/c1-17(27-34-24-7-2-3-8-25(24)35-27)36-37-28(33-16-18-5-4-6-20(30)13-18)22(14-31)26(23(15-32)29(37)39)19-9-11-21(12-10-19)38(40)41/h2-13,16H,1H3,(H,34,35)/b33-16+,36-17+. The van der Waals surface area contributed by atoms with Crippen molar-refractivity contribution in [1.82, 2.24) is 14.6 Å². The highest BCUT2D eigenvalue weighted by Crippen LogP contribution is 2.33. The molecular weight excluding hydrogens is 527 g/mol. The lowest BCUT2D eigenvalue weighted by Gasteiger charge is -2.13. The van der Waals surface area contributed by atoms with Crippen molar-refractivity contribution in [3.63, 3.8) is 0 Å². The molecule has 0 amide bonds. The molecule has 3 aromatic carbocycles. The molecule has 41 heavy (non-hydrogen) atoms. The van der Waals surface area contributed by atoms with Crippen LogP contribution in [0, 0.1) is 38.6 Å². The average molecular weight is 545 g/mol. The molecule has 0 fully saturated rings. The first kappa shape index (κ1) is 26.3. The average Bonchev–Trinajstić information content (AvgIpc) is 3.42. The van der Waals surface area contributed by atoms with Crippen molar-refractivity contribution in [2.24, 2.45) is 10.1 Å². The number of aliphatic imine (C=N–C) groups is 1. The lowest BCUT2D eigenvalue weighted by atomic mass is 9.96. The minimum Gasteiger partial charge on any atom is -0.337 e. The SMILES string of the molecule is C/C(=N\n1c(/N=C/c2cccc(F)c2)c(C#N)c(-c2ccc([N+](=O)[O-])cc2)c(C#N)c1=O)c1nc2ccccc2[nH]1. The van der Waals surface area contributed by atoms with Crippen LogP contribution >= 0.6 is 0 Å². The Hall–Kier alpha value is -6.27. The van der Waals surface area contributed by atoms with E-state index in [0.717, 1.165) is 10.2 Å². The number of nitro benzene ring substituents is 1. The number of halogens is 1. The number of non-ortho nitro benzene ring substituents is 1. The first-order valence-corrected chi connectivity index (χ1v) is 12.0. The third-order valence-corrected chi connectivity index (χ3v) is 6.09.